The van der Waals surface area contributed by atoms with Crippen LogP contribution in [0.25, 0.3) is 0 Å². The van der Waals surface area contributed by atoms with E-state index in [0.29, 0.717) is 18.4 Å². The Morgan fingerprint density at radius 3 is 2.65 bits per heavy atom. The third-order valence-electron chi connectivity index (χ3n) is 3.05. The van der Waals surface area contributed by atoms with Gasteiger partial charge in [-0.1, -0.05) is 32.9 Å². The number of nitrogens with zero attached hydrogens (tertiary/aromatic N) is 1. The average Bonchev–Trinajstić information content (AvgIpc) is 2.29. The Kier molecular flexibility index (Phi) is 5.10. The zero-order valence-corrected chi connectivity index (χ0v) is 10.6. The second-order valence-electron chi connectivity index (χ2n) is 4.78. The SMILES string of the molecule is CC(C)C(C)CNCc1cccc([N+](=O)[O-])c1. The highest BCUT2D eigenvalue weighted by Gasteiger charge is 2.08. The van der Waals surface area contributed by atoms with Crippen LogP contribution < -0.4 is 5.32 Å². The summed E-state index contributed by atoms with van der Waals surface area (Å²) in [4.78, 5) is 10.2. The van der Waals surface area contributed by atoms with Gasteiger partial charge in [0.15, 0.2) is 0 Å². The predicted molar refractivity (Wildman–Crippen MR) is 68.8 cm³/mol. The molecule has 1 aromatic carbocycles. The molecule has 0 radical (unpaired) electrons. The van der Waals surface area contributed by atoms with E-state index in [1.54, 1.807) is 12.1 Å². The average molecular weight is 236 g/mol. The summed E-state index contributed by atoms with van der Waals surface area (Å²) in [7, 11) is 0. The van der Waals surface area contributed by atoms with Gasteiger partial charge in [0.05, 0.1) is 4.92 Å². The molecule has 0 bridgehead atoms. The lowest BCUT2D eigenvalue weighted by Gasteiger charge is -2.16. The Hall–Kier alpha value is -1.42. The number of nitro groups is 1. The van der Waals surface area contributed by atoms with E-state index in [1.807, 2.05) is 6.07 Å². The predicted octanol–water partition coefficient (Wildman–Crippen LogP) is 2.98. The van der Waals surface area contributed by atoms with Crippen molar-refractivity contribution in [2.75, 3.05) is 6.54 Å². The highest BCUT2D eigenvalue weighted by Crippen LogP contribution is 2.13. The minimum Gasteiger partial charge on any atom is -0.312 e. The topological polar surface area (TPSA) is 55.2 Å². The van der Waals surface area contributed by atoms with Crippen molar-refractivity contribution in [3.8, 4) is 0 Å². The molecule has 0 saturated carbocycles. The first-order valence-electron chi connectivity index (χ1n) is 5.94. The molecule has 17 heavy (non-hydrogen) atoms. The smallest absolute Gasteiger partial charge is 0.269 e. The number of non-ortho nitro benzene ring substituents is 1. The van der Waals surface area contributed by atoms with Crippen molar-refractivity contribution in [1.29, 1.82) is 0 Å². The van der Waals surface area contributed by atoms with E-state index < -0.39 is 0 Å². The Bertz CT molecular complexity index is 377. The molecule has 0 aromatic heterocycles. The lowest BCUT2D eigenvalue weighted by atomic mass is 9.98. The Morgan fingerprint density at radius 2 is 2.06 bits per heavy atom. The molecular weight excluding hydrogens is 216 g/mol. The summed E-state index contributed by atoms with van der Waals surface area (Å²) in [6, 6.07) is 6.76. The van der Waals surface area contributed by atoms with Crippen molar-refractivity contribution < 1.29 is 4.92 Å². The van der Waals surface area contributed by atoms with Crippen molar-refractivity contribution in [2.24, 2.45) is 11.8 Å². The highest BCUT2D eigenvalue weighted by atomic mass is 16.6. The molecule has 0 heterocycles. The summed E-state index contributed by atoms with van der Waals surface area (Å²) in [5.41, 5.74) is 1.11. The van der Waals surface area contributed by atoms with E-state index in [1.165, 1.54) is 6.07 Å². The first kappa shape index (κ1) is 13.6. The number of hydrogen-bond acceptors (Lipinski definition) is 3. The lowest BCUT2D eigenvalue weighted by molar-refractivity contribution is -0.384. The summed E-state index contributed by atoms with van der Waals surface area (Å²) in [5, 5.41) is 13.9. The van der Waals surface area contributed by atoms with Crippen LogP contribution in [0.15, 0.2) is 24.3 Å². The maximum absolute atomic E-state index is 10.6. The maximum Gasteiger partial charge on any atom is 0.269 e. The second kappa shape index (κ2) is 6.35. The molecule has 1 aromatic rings. The molecule has 94 valence electrons. The molecule has 4 heteroatoms. The third-order valence-corrected chi connectivity index (χ3v) is 3.05. The molecule has 1 atom stereocenters. The molecule has 1 rings (SSSR count). The molecule has 1 unspecified atom stereocenters. The van der Waals surface area contributed by atoms with Gasteiger partial charge in [-0.25, -0.2) is 0 Å². The molecule has 0 fully saturated rings. The molecular formula is C13H20N2O2. The van der Waals surface area contributed by atoms with E-state index in [0.717, 1.165) is 12.1 Å². The van der Waals surface area contributed by atoms with Gasteiger partial charge < -0.3 is 5.32 Å². The molecule has 4 nitrogen and oxygen atoms in total. The number of hydrogen-bond donors (Lipinski definition) is 1. The van der Waals surface area contributed by atoms with E-state index in [-0.39, 0.29) is 10.6 Å². The fourth-order valence-corrected chi connectivity index (χ4v) is 1.46. The van der Waals surface area contributed by atoms with Gasteiger partial charge in [0.1, 0.15) is 0 Å². The van der Waals surface area contributed by atoms with Crippen LogP contribution in [0.5, 0.6) is 0 Å². The first-order chi connectivity index (χ1) is 8.00. The molecule has 0 aliphatic carbocycles. The molecule has 0 amide bonds. The maximum atomic E-state index is 10.6. The van der Waals surface area contributed by atoms with E-state index in [9.17, 15) is 10.1 Å². The Morgan fingerprint density at radius 1 is 1.35 bits per heavy atom. The fraction of sp³-hybridized carbons (Fsp3) is 0.538. The van der Waals surface area contributed by atoms with Crippen LogP contribution in [0.2, 0.25) is 0 Å². The van der Waals surface area contributed by atoms with Crippen LogP contribution in [0.4, 0.5) is 5.69 Å². The lowest BCUT2D eigenvalue weighted by Crippen LogP contribution is -2.23. The summed E-state index contributed by atoms with van der Waals surface area (Å²) in [5.74, 6) is 1.25. The molecule has 0 saturated heterocycles. The van der Waals surface area contributed by atoms with Crippen LogP contribution in [0.3, 0.4) is 0 Å². The Balaban J connectivity index is 2.47. The molecule has 0 aliphatic heterocycles. The van der Waals surface area contributed by atoms with E-state index >= 15 is 0 Å². The summed E-state index contributed by atoms with van der Waals surface area (Å²) < 4.78 is 0. The van der Waals surface area contributed by atoms with Gasteiger partial charge in [-0.3, -0.25) is 10.1 Å². The van der Waals surface area contributed by atoms with Crippen molar-refractivity contribution in [1.82, 2.24) is 5.32 Å². The van der Waals surface area contributed by atoms with Crippen molar-refractivity contribution >= 4 is 5.69 Å². The van der Waals surface area contributed by atoms with Gasteiger partial charge >= 0.3 is 0 Å². The minimum atomic E-state index is -0.361. The number of nitro benzene ring substituents is 1. The van der Waals surface area contributed by atoms with E-state index in [2.05, 4.69) is 26.1 Å². The number of nitrogens with one attached hydrogen (secondary N) is 1. The number of rotatable bonds is 6. The molecule has 1 N–H and O–H groups in total. The van der Waals surface area contributed by atoms with Crippen LogP contribution in [0.1, 0.15) is 26.3 Å². The highest BCUT2D eigenvalue weighted by molar-refractivity contribution is 5.34. The zero-order valence-electron chi connectivity index (χ0n) is 10.6. The van der Waals surface area contributed by atoms with Gasteiger partial charge in [0.25, 0.3) is 5.69 Å². The normalized spacial score (nSPS) is 12.7. The van der Waals surface area contributed by atoms with Crippen LogP contribution in [-0.4, -0.2) is 11.5 Å². The third kappa shape index (κ3) is 4.53. The zero-order chi connectivity index (χ0) is 12.8. The fourth-order valence-electron chi connectivity index (χ4n) is 1.46. The molecule has 0 spiro atoms. The second-order valence-corrected chi connectivity index (χ2v) is 4.78. The van der Waals surface area contributed by atoms with Crippen LogP contribution in [-0.2, 0) is 6.54 Å². The standard InChI is InChI=1S/C13H20N2O2/c1-10(2)11(3)8-14-9-12-5-4-6-13(7-12)15(16)17/h4-7,10-11,14H,8-9H2,1-3H3. The van der Waals surface area contributed by atoms with Crippen LogP contribution in [0, 0.1) is 22.0 Å². The van der Waals surface area contributed by atoms with Crippen molar-refractivity contribution in [3.63, 3.8) is 0 Å². The van der Waals surface area contributed by atoms with Gasteiger partial charge in [-0.05, 0) is 23.9 Å². The van der Waals surface area contributed by atoms with Crippen LogP contribution >= 0.6 is 0 Å². The molecule has 0 aliphatic rings. The summed E-state index contributed by atoms with van der Waals surface area (Å²) in [6.45, 7) is 8.20. The van der Waals surface area contributed by atoms with Gasteiger partial charge in [-0.15, -0.1) is 0 Å². The first-order valence-corrected chi connectivity index (χ1v) is 5.94. The Labute approximate surface area is 102 Å². The quantitative estimate of drug-likeness (QED) is 0.610. The largest absolute Gasteiger partial charge is 0.312 e. The summed E-state index contributed by atoms with van der Waals surface area (Å²) in [6.07, 6.45) is 0. The number of benzene rings is 1. The van der Waals surface area contributed by atoms with Gasteiger partial charge in [0.2, 0.25) is 0 Å². The minimum absolute atomic E-state index is 0.154. The van der Waals surface area contributed by atoms with Gasteiger partial charge in [-0.2, -0.15) is 0 Å². The summed E-state index contributed by atoms with van der Waals surface area (Å²) >= 11 is 0. The van der Waals surface area contributed by atoms with E-state index in [4.69, 9.17) is 0 Å². The van der Waals surface area contributed by atoms with Gasteiger partial charge in [0, 0.05) is 18.7 Å². The monoisotopic (exact) mass is 236 g/mol. The van der Waals surface area contributed by atoms with Crippen molar-refractivity contribution in [2.45, 2.75) is 27.3 Å². The van der Waals surface area contributed by atoms with Crippen molar-refractivity contribution in [3.05, 3.63) is 39.9 Å².